The molecular formula is C28H25FN2O4S. The average Bonchev–Trinajstić information content (AvgIpc) is 3.41. The van der Waals surface area contributed by atoms with Crippen molar-refractivity contribution in [2.24, 2.45) is 11.8 Å². The Kier molecular flexibility index (Phi) is 5.63. The molecule has 1 saturated carbocycles. The van der Waals surface area contributed by atoms with Crippen molar-refractivity contribution in [2.45, 2.75) is 38.3 Å². The number of carbonyl (C=O) groups excluding carboxylic acids is 2. The van der Waals surface area contributed by atoms with Gasteiger partial charge in [0.05, 0.1) is 27.7 Å². The first-order valence-corrected chi connectivity index (χ1v) is 12.9. The van der Waals surface area contributed by atoms with Gasteiger partial charge in [-0.2, -0.15) is 0 Å². The summed E-state index contributed by atoms with van der Waals surface area (Å²) in [6.07, 6.45) is 3.82. The molecule has 36 heavy (non-hydrogen) atoms. The summed E-state index contributed by atoms with van der Waals surface area (Å²) < 4.78 is 26.5. The summed E-state index contributed by atoms with van der Waals surface area (Å²) in [5, 5.41) is 0.394. The molecule has 6 rings (SSSR count). The first-order chi connectivity index (χ1) is 17.4. The van der Waals surface area contributed by atoms with Gasteiger partial charge in [-0.1, -0.05) is 43.0 Å². The fraction of sp³-hybridized carbons (Fsp3) is 0.321. The molecule has 1 fully saturated rings. The summed E-state index contributed by atoms with van der Waals surface area (Å²) in [7, 11) is 0. The van der Waals surface area contributed by atoms with Crippen LogP contribution in [0.2, 0.25) is 0 Å². The van der Waals surface area contributed by atoms with E-state index in [4.69, 9.17) is 9.47 Å². The Morgan fingerprint density at radius 3 is 2.94 bits per heavy atom. The smallest absolute Gasteiger partial charge is 0.296 e. The third kappa shape index (κ3) is 3.71. The van der Waals surface area contributed by atoms with Crippen molar-refractivity contribution in [3.8, 4) is 5.75 Å². The summed E-state index contributed by atoms with van der Waals surface area (Å²) in [5.74, 6) is 0.0748. The fourth-order valence-corrected chi connectivity index (χ4v) is 6.53. The number of aromatic nitrogens is 1. The van der Waals surface area contributed by atoms with Crippen LogP contribution in [0.25, 0.3) is 10.2 Å². The topological polar surface area (TPSA) is 68.7 Å². The maximum absolute atomic E-state index is 13.9. The molecule has 0 saturated heterocycles. The number of benzene rings is 2. The van der Waals surface area contributed by atoms with E-state index in [1.807, 2.05) is 24.3 Å². The van der Waals surface area contributed by atoms with Gasteiger partial charge in [0, 0.05) is 0 Å². The minimum Gasteiger partial charge on any atom is -0.490 e. The molecule has 6 nitrogen and oxygen atoms in total. The van der Waals surface area contributed by atoms with Crippen molar-refractivity contribution in [3.05, 3.63) is 77.8 Å². The van der Waals surface area contributed by atoms with Gasteiger partial charge in [0.25, 0.3) is 5.91 Å². The molecule has 1 aliphatic carbocycles. The summed E-state index contributed by atoms with van der Waals surface area (Å²) in [6, 6.07) is 11.0. The van der Waals surface area contributed by atoms with Crippen molar-refractivity contribution in [1.82, 2.24) is 4.98 Å². The summed E-state index contributed by atoms with van der Waals surface area (Å²) in [5.41, 5.74) is 1.69. The Hall–Kier alpha value is -3.52. The minimum atomic E-state index is -0.712. The van der Waals surface area contributed by atoms with E-state index in [0.717, 1.165) is 24.8 Å². The first kappa shape index (κ1) is 22.9. The number of rotatable bonds is 5. The lowest BCUT2D eigenvalue weighted by Crippen LogP contribution is -2.41. The quantitative estimate of drug-likeness (QED) is 0.414. The Morgan fingerprint density at radius 2 is 2.11 bits per heavy atom. The number of hydrogen-bond donors (Lipinski definition) is 0. The zero-order chi connectivity index (χ0) is 25.0. The van der Waals surface area contributed by atoms with Crippen LogP contribution in [0.4, 0.5) is 9.52 Å². The largest absolute Gasteiger partial charge is 0.490 e. The lowest BCUT2D eigenvalue weighted by atomic mass is 9.74. The fourth-order valence-electron chi connectivity index (χ4n) is 5.51. The second-order valence-corrected chi connectivity index (χ2v) is 10.7. The Morgan fingerprint density at radius 1 is 1.25 bits per heavy atom. The third-order valence-corrected chi connectivity index (χ3v) is 8.21. The van der Waals surface area contributed by atoms with Crippen LogP contribution in [-0.2, 0) is 14.3 Å². The number of fused-ring (bicyclic) bond motifs is 2. The number of ketones is 1. The van der Waals surface area contributed by atoms with Crippen LogP contribution in [0, 0.1) is 17.7 Å². The molecule has 8 heteroatoms. The molecule has 3 aromatic rings. The van der Waals surface area contributed by atoms with Gasteiger partial charge in [0.2, 0.25) is 0 Å². The van der Waals surface area contributed by atoms with E-state index in [2.05, 4.69) is 18.5 Å². The van der Waals surface area contributed by atoms with Crippen LogP contribution in [0.15, 0.2) is 66.5 Å². The molecule has 2 aromatic carbocycles. The van der Waals surface area contributed by atoms with E-state index in [1.165, 1.54) is 28.4 Å². The molecule has 3 aliphatic rings. The number of ether oxygens (including phenoxy) is 2. The van der Waals surface area contributed by atoms with Crippen molar-refractivity contribution < 1.29 is 23.5 Å². The normalized spacial score (nSPS) is 25.6. The number of nitrogens with zero attached hydrogens (tertiary/aromatic N) is 2. The predicted molar refractivity (Wildman–Crippen MR) is 135 cm³/mol. The lowest BCUT2D eigenvalue weighted by Gasteiger charge is -2.37. The number of hydrogen-bond acceptors (Lipinski definition) is 6. The number of carbonyl (C=O) groups is 2. The molecule has 1 aromatic heterocycles. The molecule has 4 unspecified atom stereocenters. The minimum absolute atomic E-state index is 0.0294. The average molecular weight is 505 g/mol. The monoisotopic (exact) mass is 504 g/mol. The molecule has 3 heterocycles. The Balaban J connectivity index is 1.49. The predicted octanol–water partition coefficient (Wildman–Crippen LogP) is 5.75. The Bertz CT molecular complexity index is 1430. The molecule has 0 bridgehead atoms. The second-order valence-electron chi connectivity index (χ2n) is 9.65. The standard InChI is InChI=1S/C28H25FN2O4S/c1-3-11-34-18-6-4-5-16(13-18)24-23-25(32)19-12-15(2)7-10-21(19)35-26(23)27(33)31(24)28-30-20-9-8-17(29)14-22(20)36-28/h3-6,8-9,13-15,19,21,24H,1,7,10-12H2,2H3. The van der Waals surface area contributed by atoms with E-state index < -0.39 is 11.9 Å². The van der Waals surface area contributed by atoms with E-state index >= 15 is 0 Å². The van der Waals surface area contributed by atoms with Gasteiger partial charge in [-0.15, -0.1) is 0 Å². The van der Waals surface area contributed by atoms with Gasteiger partial charge in [-0.05, 0) is 61.1 Å². The maximum Gasteiger partial charge on any atom is 0.296 e. The molecular weight excluding hydrogens is 479 g/mol. The van der Waals surface area contributed by atoms with E-state index in [1.54, 1.807) is 12.1 Å². The van der Waals surface area contributed by atoms with Crippen LogP contribution >= 0.6 is 11.3 Å². The summed E-state index contributed by atoms with van der Waals surface area (Å²) >= 11 is 1.22. The SMILES string of the molecule is C=CCOc1cccc(C2C3=C(OC4CCC(C)CC4C3=O)C(=O)N2c2nc3ccc(F)cc3s2)c1. The molecule has 4 atom stereocenters. The van der Waals surface area contributed by atoms with Crippen molar-refractivity contribution >= 4 is 38.4 Å². The molecule has 0 radical (unpaired) electrons. The molecule has 1 amide bonds. The highest BCUT2D eigenvalue weighted by molar-refractivity contribution is 7.22. The van der Waals surface area contributed by atoms with E-state index in [-0.39, 0.29) is 29.4 Å². The highest BCUT2D eigenvalue weighted by Crippen LogP contribution is 2.50. The van der Waals surface area contributed by atoms with Gasteiger partial charge in [0.1, 0.15) is 24.3 Å². The van der Waals surface area contributed by atoms with E-state index in [9.17, 15) is 14.0 Å². The number of Topliss-reactive ketones (excluding diaryl/α,β-unsaturated/α-hetero) is 1. The highest BCUT2D eigenvalue weighted by Gasteiger charge is 2.53. The molecule has 0 spiro atoms. The van der Waals surface area contributed by atoms with Crippen LogP contribution in [-0.4, -0.2) is 29.4 Å². The lowest BCUT2D eigenvalue weighted by molar-refractivity contribution is -0.132. The van der Waals surface area contributed by atoms with Crippen LogP contribution < -0.4 is 9.64 Å². The van der Waals surface area contributed by atoms with Crippen LogP contribution in [0.1, 0.15) is 37.8 Å². The van der Waals surface area contributed by atoms with Crippen LogP contribution in [0.3, 0.4) is 0 Å². The van der Waals surface area contributed by atoms with Crippen LogP contribution in [0.5, 0.6) is 5.75 Å². The summed E-state index contributed by atoms with van der Waals surface area (Å²) in [6.45, 7) is 6.17. The Labute approximate surface area is 212 Å². The summed E-state index contributed by atoms with van der Waals surface area (Å²) in [4.78, 5) is 34.0. The van der Waals surface area contributed by atoms with Crippen molar-refractivity contribution in [2.75, 3.05) is 11.5 Å². The molecule has 0 N–H and O–H groups in total. The van der Waals surface area contributed by atoms with Gasteiger partial charge in [-0.3, -0.25) is 14.5 Å². The van der Waals surface area contributed by atoms with Gasteiger partial charge in [-0.25, -0.2) is 9.37 Å². The highest BCUT2D eigenvalue weighted by atomic mass is 32.1. The number of thiazole rings is 1. The maximum atomic E-state index is 13.9. The first-order valence-electron chi connectivity index (χ1n) is 12.1. The van der Waals surface area contributed by atoms with Gasteiger partial charge >= 0.3 is 0 Å². The number of halogens is 1. The number of anilines is 1. The van der Waals surface area contributed by atoms with Crippen molar-refractivity contribution in [1.29, 1.82) is 0 Å². The molecule has 184 valence electrons. The van der Waals surface area contributed by atoms with Gasteiger partial charge < -0.3 is 9.47 Å². The molecule has 2 aliphatic heterocycles. The zero-order valence-corrected chi connectivity index (χ0v) is 20.6. The van der Waals surface area contributed by atoms with E-state index in [0.29, 0.717) is 39.2 Å². The zero-order valence-electron chi connectivity index (χ0n) is 19.8. The third-order valence-electron chi connectivity index (χ3n) is 7.20. The second kappa shape index (κ2) is 8.85. The van der Waals surface area contributed by atoms with Gasteiger partial charge in [0.15, 0.2) is 16.7 Å². The van der Waals surface area contributed by atoms with Crippen molar-refractivity contribution in [3.63, 3.8) is 0 Å². The number of amides is 1.